The number of nitrogens with one attached hydrogen (secondary N) is 1. The molecular weight excluding hydrogens is 594 g/mol. The Morgan fingerprint density at radius 2 is 1.22 bits per heavy atom. The van der Waals surface area contributed by atoms with E-state index in [1.165, 1.54) is 0 Å². The summed E-state index contributed by atoms with van der Waals surface area (Å²) in [6.45, 7) is 7.15. The molecule has 2 rings (SSSR count). The molecule has 1 atom stereocenters. The molecule has 0 unspecified atom stereocenters. The molecule has 0 bridgehead atoms. The normalized spacial score (nSPS) is 11.8. The highest BCUT2D eigenvalue weighted by molar-refractivity contribution is 5.87. The van der Waals surface area contributed by atoms with Crippen molar-refractivity contribution in [1.29, 1.82) is 0 Å². The predicted molar refractivity (Wildman–Crippen MR) is 171 cm³/mol. The van der Waals surface area contributed by atoms with Gasteiger partial charge in [-0.2, -0.15) is 0 Å². The summed E-state index contributed by atoms with van der Waals surface area (Å²) in [6, 6.07) is 18.0. The van der Waals surface area contributed by atoms with Crippen molar-refractivity contribution in [3.8, 4) is 0 Å². The molecule has 0 aliphatic rings. The first kappa shape index (κ1) is 38.4. The van der Waals surface area contributed by atoms with E-state index in [4.69, 9.17) is 28.4 Å². The highest BCUT2D eigenvalue weighted by Gasteiger charge is 2.21. The summed E-state index contributed by atoms with van der Waals surface area (Å²) in [6.07, 6.45) is 1.67. The fourth-order valence-electron chi connectivity index (χ4n) is 4.14. The Balaban J connectivity index is 1.64. The van der Waals surface area contributed by atoms with Gasteiger partial charge in [0.15, 0.2) is 5.78 Å². The number of hydrogen-bond donors (Lipinski definition) is 1. The summed E-state index contributed by atoms with van der Waals surface area (Å²) in [5.74, 6) is -0.868. The predicted octanol–water partition coefficient (Wildman–Crippen LogP) is 5.33. The molecule has 2 aromatic carbocycles. The number of ether oxygens (including phenoxy) is 6. The summed E-state index contributed by atoms with van der Waals surface area (Å²) in [5.41, 5.74) is 1.20. The molecule has 1 N–H and O–H groups in total. The first-order chi connectivity index (χ1) is 22.1. The van der Waals surface area contributed by atoms with Crippen molar-refractivity contribution in [1.82, 2.24) is 5.32 Å². The van der Waals surface area contributed by atoms with Gasteiger partial charge in [0.05, 0.1) is 32.5 Å². The summed E-state index contributed by atoms with van der Waals surface area (Å²) >= 11 is 0. The quantitative estimate of drug-likeness (QED) is 0.0962. The van der Waals surface area contributed by atoms with Gasteiger partial charge >= 0.3 is 18.0 Å². The molecule has 0 saturated heterocycles. The summed E-state index contributed by atoms with van der Waals surface area (Å²) in [7, 11) is 0. The molecule has 0 saturated carbocycles. The van der Waals surface area contributed by atoms with Crippen LogP contribution in [0.3, 0.4) is 0 Å². The lowest BCUT2D eigenvalue weighted by atomic mass is 10.0. The summed E-state index contributed by atoms with van der Waals surface area (Å²) in [4.78, 5) is 49.3. The maximum Gasteiger partial charge on any atom is 0.408 e. The van der Waals surface area contributed by atoms with Gasteiger partial charge in [-0.1, -0.05) is 67.1 Å². The van der Waals surface area contributed by atoms with Crippen molar-refractivity contribution in [2.45, 2.75) is 84.2 Å². The van der Waals surface area contributed by atoms with Gasteiger partial charge < -0.3 is 33.7 Å². The highest BCUT2D eigenvalue weighted by Crippen LogP contribution is 2.11. The van der Waals surface area contributed by atoms with E-state index in [-0.39, 0.29) is 51.0 Å². The summed E-state index contributed by atoms with van der Waals surface area (Å²) < 4.78 is 32.0. The van der Waals surface area contributed by atoms with Crippen LogP contribution in [0.5, 0.6) is 0 Å². The topological polar surface area (TPSA) is 136 Å². The average molecular weight is 644 g/mol. The fraction of sp³-hybridized carbons (Fsp3) is 0.543. The van der Waals surface area contributed by atoms with E-state index in [0.29, 0.717) is 52.1 Å². The third-order valence-corrected chi connectivity index (χ3v) is 6.36. The third kappa shape index (κ3) is 19.6. The van der Waals surface area contributed by atoms with Crippen LogP contribution in [-0.4, -0.2) is 75.1 Å². The number of ketones is 1. The number of esters is 2. The minimum absolute atomic E-state index is 0.0899. The van der Waals surface area contributed by atoms with Crippen LogP contribution >= 0.6 is 0 Å². The molecule has 46 heavy (non-hydrogen) atoms. The van der Waals surface area contributed by atoms with E-state index >= 15 is 0 Å². The van der Waals surface area contributed by atoms with E-state index in [2.05, 4.69) is 5.32 Å². The zero-order valence-corrected chi connectivity index (χ0v) is 27.3. The number of carbonyl (C=O) groups excluding carboxylic acids is 4. The van der Waals surface area contributed by atoms with Gasteiger partial charge in [-0.05, 0) is 51.2 Å². The third-order valence-electron chi connectivity index (χ3n) is 6.36. The number of amides is 1. The van der Waals surface area contributed by atoms with Gasteiger partial charge in [0.2, 0.25) is 0 Å². The molecule has 0 aliphatic heterocycles. The molecule has 0 radical (unpaired) electrons. The second-order valence-corrected chi connectivity index (χ2v) is 11.6. The molecule has 2 aromatic rings. The Kier molecular flexibility index (Phi) is 18.9. The minimum atomic E-state index is -0.743. The van der Waals surface area contributed by atoms with E-state index in [0.717, 1.165) is 11.1 Å². The highest BCUT2D eigenvalue weighted by atomic mass is 16.6. The van der Waals surface area contributed by atoms with Crippen molar-refractivity contribution in [3.63, 3.8) is 0 Å². The molecule has 0 fully saturated rings. The van der Waals surface area contributed by atoms with E-state index in [1.54, 1.807) is 20.8 Å². The zero-order valence-electron chi connectivity index (χ0n) is 27.3. The SMILES string of the molecule is CC(C)(C)OC(=O)COCCOCCOCCCC(=O)[C@H](CCCCC(=O)OCc1ccccc1)NC(=O)OCc1ccccc1. The first-order valence-corrected chi connectivity index (χ1v) is 15.8. The lowest BCUT2D eigenvalue weighted by Gasteiger charge is -2.19. The number of alkyl carbamates (subject to hydrolysis) is 1. The van der Waals surface area contributed by atoms with Crippen LogP contribution in [0, 0.1) is 0 Å². The van der Waals surface area contributed by atoms with Gasteiger partial charge in [0.1, 0.15) is 25.4 Å². The van der Waals surface area contributed by atoms with Crippen LogP contribution < -0.4 is 5.32 Å². The van der Waals surface area contributed by atoms with E-state index < -0.39 is 23.7 Å². The van der Waals surface area contributed by atoms with Crippen LogP contribution in [0.15, 0.2) is 60.7 Å². The Morgan fingerprint density at radius 3 is 1.83 bits per heavy atom. The van der Waals surface area contributed by atoms with Crippen molar-refractivity contribution in [3.05, 3.63) is 71.8 Å². The van der Waals surface area contributed by atoms with Gasteiger partial charge in [-0.3, -0.25) is 9.59 Å². The number of hydrogen-bond acceptors (Lipinski definition) is 10. The molecule has 0 aliphatic carbocycles. The minimum Gasteiger partial charge on any atom is -0.461 e. The Morgan fingerprint density at radius 1 is 0.652 bits per heavy atom. The maximum atomic E-state index is 13.0. The van der Waals surface area contributed by atoms with Crippen LogP contribution in [0.2, 0.25) is 0 Å². The summed E-state index contributed by atoms with van der Waals surface area (Å²) in [5, 5.41) is 2.70. The van der Waals surface area contributed by atoms with E-state index in [9.17, 15) is 19.2 Å². The van der Waals surface area contributed by atoms with Gasteiger partial charge in [-0.25, -0.2) is 9.59 Å². The van der Waals surface area contributed by atoms with Gasteiger partial charge in [0, 0.05) is 19.4 Å². The number of unbranched alkanes of at least 4 members (excludes halogenated alkanes) is 1. The fourth-order valence-corrected chi connectivity index (χ4v) is 4.14. The molecule has 254 valence electrons. The average Bonchev–Trinajstić information content (AvgIpc) is 3.03. The molecule has 11 heteroatoms. The number of carbonyl (C=O) groups is 4. The van der Waals surface area contributed by atoms with E-state index in [1.807, 2.05) is 60.7 Å². The molecule has 0 heterocycles. The standard InChI is InChI=1S/C35H49NO10/c1-35(2,3)46-33(39)27-43-24-23-42-22-21-41-20-12-18-31(37)30(36-34(40)45-26-29-15-8-5-9-16-29)17-10-11-19-32(38)44-25-28-13-6-4-7-14-28/h4-9,13-16,30H,10-12,17-27H2,1-3H3,(H,36,40)/t30-/m0/s1. The van der Waals surface area contributed by atoms with Gasteiger partial charge in [0.25, 0.3) is 0 Å². The van der Waals surface area contributed by atoms with Crippen molar-refractivity contribution in [2.75, 3.05) is 39.6 Å². The lowest BCUT2D eigenvalue weighted by molar-refractivity contribution is -0.160. The van der Waals surface area contributed by atoms with Crippen LogP contribution in [0.4, 0.5) is 4.79 Å². The molecular formula is C35H49NO10. The molecule has 0 spiro atoms. The smallest absolute Gasteiger partial charge is 0.408 e. The van der Waals surface area contributed by atoms with Crippen LogP contribution in [0.1, 0.15) is 70.4 Å². The monoisotopic (exact) mass is 643 g/mol. The Hall–Kier alpha value is -3.80. The maximum absolute atomic E-state index is 13.0. The first-order valence-electron chi connectivity index (χ1n) is 15.8. The number of benzene rings is 2. The Bertz CT molecular complexity index is 1150. The largest absolute Gasteiger partial charge is 0.461 e. The van der Waals surface area contributed by atoms with Crippen LogP contribution in [0.25, 0.3) is 0 Å². The van der Waals surface area contributed by atoms with Crippen molar-refractivity contribution >= 4 is 23.8 Å². The zero-order chi connectivity index (χ0) is 33.5. The molecule has 1 amide bonds. The lowest BCUT2D eigenvalue weighted by Crippen LogP contribution is -2.41. The molecule has 0 aromatic heterocycles. The number of rotatable bonds is 23. The second kappa shape index (κ2) is 22.7. The van der Waals surface area contributed by atoms with Crippen LogP contribution in [-0.2, 0) is 56.0 Å². The van der Waals surface area contributed by atoms with Crippen molar-refractivity contribution < 1.29 is 47.6 Å². The van der Waals surface area contributed by atoms with Crippen molar-refractivity contribution in [2.24, 2.45) is 0 Å². The molecule has 11 nitrogen and oxygen atoms in total. The Labute approximate surface area is 272 Å². The van der Waals surface area contributed by atoms with Gasteiger partial charge in [-0.15, -0.1) is 0 Å². The number of Topliss-reactive ketones (excluding diaryl/α,β-unsaturated/α-hetero) is 1. The second-order valence-electron chi connectivity index (χ2n) is 11.6.